The Bertz CT molecular complexity index is 816. The second-order valence-corrected chi connectivity index (χ2v) is 8.91. The van der Waals surface area contributed by atoms with Gasteiger partial charge in [-0.25, -0.2) is 4.39 Å². The highest BCUT2D eigenvalue weighted by Gasteiger charge is 2.29. The topological polar surface area (TPSA) is 51.0 Å². The second-order valence-electron chi connectivity index (χ2n) is 7.74. The van der Waals surface area contributed by atoms with Gasteiger partial charge < -0.3 is 0 Å². The monoisotopic (exact) mass is 402 g/mol. The third-order valence-electron chi connectivity index (χ3n) is 5.80. The van der Waals surface area contributed by atoms with E-state index in [0.717, 1.165) is 49.0 Å². The summed E-state index contributed by atoms with van der Waals surface area (Å²) in [5, 5.41) is 9.66. The zero-order valence-electron chi connectivity index (χ0n) is 16.3. The van der Waals surface area contributed by atoms with Gasteiger partial charge in [0.2, 0.25) is 0 Å². The minimum Gasteiger partial charge on any atom is -0.298 e. The van der Waals surface area contributed by atoms with E-state index in [1.165, 1.54) is 43.2 Å². The van der Waals surface area contributed by atoms with Crippen molar-refractivity contribution in [2.75, 3.05) is 13.1 Å². The minimum atomic E-state index is -0.265. The normalized spacial score (nSPS) is 22.4. The molecule has 5 nitrogen and oxygen atoms in total. The Kier molecular flexibility index (Phi) is 6.11. The van der Waals surface area contributed by atoms with Gasteiger partial charge in [0.05, 0.1) is 11.3 Å². The van der Waals surface area contributed by atoms with E-state index in [1.807, 2.05) is 4.57 Å². The zero-order valence-corrected chi connectivity index (χ0v) is 17.1. The number of carbonyl (C=O) groups is 1. The number of likely N-dealkylation sites (tertiary alicyclic amines) is 1. The summed E-state index contributed by atoms with van der Waals surface area (Å²) in [6, 6.07) is 6.57. The maximum atomic E-state index is 13.5. The number of thioether (sulfide) groups is 1. The molecule has 1 saturated carbocycles. The van der Waals surface area contributed by atoms with Gasteiger partial charge in [-0.05, 0) is 70.0 Å². The smallest absolute Gasteiger partial charge is 0.196 e. The van der Waals surface area contributed by atoms with Crippen molar-refractivity contribution in [3.8, 4) is 5.69 Å². The van der Waals surface area contributed by atoms with Gasteiger partial charge in [0.1, 0.15) is 11.6 Å². The molecule has 0 amide bonds. The third-order valence-corrected chi connectivity index (χ3v) is 7.06. The van der Waals surface area contributed by atoms with Crippen LogP contribution in [0.2, 0.25) is 0 Å². The molecule has 4 rings (SSSR count). The van der Waals surface area contributed by atoms with Crippen LogP contribution in [0.3, 0.4) is 0 Å². The number of piperidine rings is 1. The molecule has 2 heterocycles. The first kappa shape index (κ1) is 19.6. The molecule has 150 valence electrons. The van der Waals surface area contributed by atoms with E-state index in [1.54, 1.807) is 12.1 Å². The standard InChI is InChI=1S/C21H27FN4OS/c1-15(25-13-5-2-6-14-25)20-23-24-21(28-19-8-4-3-7-18(19)27)26(20)17-11-9-16(22)10-12-17/h9-12,15,19H,2-8,13-14H2,1H3. The molecular formula is C21H27FN4OS. The summed E-state index contributed by atoms with van der Waals surface area (Å²) < 4.78 is 15.5. The zero-order chi connectivity index (χ0) is 19.5. The van der Waals surface area contributed by atoms with Gasteiger partial charge in [0.25, 0.3) is 0 Å². The molecule has 1 aliphatic heterocycles. The molecule has 2 atom stereocenters. The van der Waals surface area contributed by atoms with Crippen LogP contribution >= 0.6 is 11.8 Å². The minimum absolute atomic E-state index is 0.0599. The van der Waals surface area contributed by atoms with Crippen LogP contribution in [0.4, 0.5) is 4.39 Å². The summed E-state index contributed by atoms with van der Waals surface area (Å²) in [4.78, 5) is 14.8. The average molecular weight is 403 g/mol. The number of halogens is 1. The number of carbonyl (C=O) groups excluding carboxylic acids is 1. The Hall–Kier alpha value is -1.73. The molecule has 1 aromatic carbocycles. The Morgan fingerprint density at radius 1 is 1.07 bits per heavy atom. The van der Waals surface area contributed by atoms with Crippen LogP contribution in [-0.4, -0.2) is 43.8 Å². The van der Waals surface area contributed by atoms with Crippen molar-refractivity contribution >= 4 is 17.5 Å². The van der Waals surface area contributed by atoms with Crippen LogP contribution in [-0.2, 0) is 4.79 Å². The van der Waals surface area contributed by atoms with Gasteiger partial charge in [-0.2, -0.15) is 0 Å². The summed E-state index contributed by atoms with van der Waals surface area (Å²) in [5.74, 6) is 0.897. The number of benzene rings is 1. The molecule has 2 aliphatic rings. The van der Waals surface area contributed by atoms with E-state index in [9.17, 15) is 9.18 Å². The van der Waals surface area contributed by atoms with Crippen molar-refractivity contribution in [2.45, 2.75) is 68.3 Å². The van der Waals surface area contributed by atoms with E-state index in [4.69, 9.17) is 0 Å². The number of nitrogens with zero attached hydrogens (tertiary/aromatic N) is 4. The first-order chi connectivity index (χ1) is 13.6. The lowest BCUT2D eigenvalue weighted by atomic mass is 9.99. The van der Waals surface area contributed by atoms with Crippen molar-refractivity contribution in [1.82, 2.24) is 19.7 Å². The Morgan fingerprint density at radius 3 is 2.54 bits per heavy atom. The number of hydrogen-bond donors (Lipinski definition) is 0. The van der Waals surface area contributed by atoms with E-state index in [2.05, 4.69) is 22.0 Å². The number of aromatic nitrogens is 3. The Labute approximate surface area is 169 Å². The van der Waals surface area contributed by atoms with Crippen molar-refractivity contribution in [1.29, 1.82) is 0 Å². The largest absolute Gasteiger partial charge is 0.298 e. The Morgan fingerprint density at radius 2 is 1.82 bits per heavy atom. The number of ketones is 1. The van der Waals surface area contributed by atoms with Gasteiger partial charge >= 0.3 is 0 Å². The Balaban J connectivity index is 1.68. The van der Waals surface area contributed by atoms with Crippen molar-refractivity contribution in [3.63, 3.8) is 0 Å². The van der Waals surface area contributed by atoms with Gasteiger partial charge in [-0.3, -0.25) is 14.3 Å². The molecule has 2 unspecified atom stereocenters. The van der Waals surface area contributed by atoms with Crippen LogP contribution in [0.5, 0.6) is 0 Å². The molecule has 0 N–H and O–H groups in total. The predicted molar refractivity (Wildman–Crippen MR) is 108 cm³/mol. The predicted octanol–water partition coefficient (Wildman–Crippen LogP) is 4.56. The fraction of sp³-hybridized carbons (Fsp3) is 0.571. The average Bonchev–Trinajstić information content (AvgIpc) is 3.14. The van der Waals surface area contributed by atoms with Crippen molar-refractivity contribution in [2.24, 2.45) is 0 Å². The quantitative estimate of drug-likeness (QED) is 0.734. The summed E-state index contributed by atoms with van der Waals surface area (Å²) >= 11 is 1.51. The lowest BCUT2D eigenvalue weighted by molar-refractivity contribution is -0.119. The molecule has 0 bridgehead atoms. The van der Waals surface area contributed by atoms with Gasteiger partial charge in [-0.1, -0.05) is 24.6 Å². The molecule has 0 spiro atoms. The molecule has 2 fully saturated rings. The van der Waals surface area contributed by atoms with E-state index in [0.29, 0.717) is 12.2 Å². The maximum Gasteiger partial charge on any atom is 0.196 e. The lowest BCUT2D eigenvalue weighted by Gasteiger charge is -2.32. The fourth-order valence-electron chi connectivity index (χ4n) is 4.13. The van der Waals surface area contributed by atoms with Gasteiger partial charge in [0, 0.05) is 12.1 Å². The molecule has 1 saturated heterocycles. The fourth-order valence-corrected chi connectivity index (χ4v) is 5.31. The molecule has 1 aromatic heterocycles. The van der Waals surface area contributed by atoms with Crippen LogP contribution < -0.4 is 0 Å². The van der Waals surface area contributed by atoms with Crippen molar-refractivity contribution in [3.05, 3.63) is 35.9 Å². The van der Waals surface area contributed by atoms with E-state index >= 15 is 0 Å². The van der Waals surface area contributed by atoms with Gasteiger partial charge in [0.15, 0.2) is 11.0 Å². The number of Topliss-reactive ketones (excluding diaryl/α,β-unsaturated/α-hetero) is 1. The molecular weight excluding hydrogens is 375 g/mol. The maximum absolute atomic E-state index is 13.5. The third kappa shape index (κ3) is 4.15. The molecule has 28 heavy (non-hydrogen) atoms. The number of hydrogen-bond acceptors (Lipinski definition) is 5. The van der Waals surface area contributed by atoms with Gasteiger partial charge in [-0.15, -0.1) is 10.2 Å². The van der Waals surface area contributed by atoms with E-state index < -0.39 is 0 Å². The summed E-state index contributed by atoms with van der Waals surface area (Å²) in [5.41, 5.74) is 0.844. The highest BCUT2D eigenvalue weighted by Crippen LogP contribution is 2.34. The van der Waals surface area contributed by atoms with Crippen LogP contribution in [0, 0.1) is 5.82 Å². The molecule has 0 radical (unpaired) electrons. The summed E-state index contributed by atoms with van der Waals surface area (Å²) in [6.07, 6.45) is 7.28. The highest BCUT2D eigenvalue weighted by molar-refractivity contribution is 8.00. The van der Waals surface area contributed by atoms with Crippen molar-refractivity contribution < 1.29 is 9.18 Å². The molecule has 7 heteroatoms. The number of rotatable bonds is 5. The summed E-state index contributed by atoms with van der Waals surface area (Å²) in [7, 11) is 0. The van der Waals surface area contributed by atoms with Crippen LogP contribution in [0.15, 0.2) is 29.4 Å². The summed E-state index contributed by atoms with van der Waals surface area (Å²) in [6.45, 7) is 4.28. The first-order valence-electron chi connectivity index (χ1n) is 10.3. The SMILES string of the molecule is CC(c1nnc(SC2CCCCC2=O)n1-c1ccc(F)cc1)N1CCCCC1. The molecule has 2 aromatic rings. The van der Waals surface area contributed by atoms with Crippen LogP contribution in [0.1, 0.15) is 63.7 Å². The second kappa shape index (κ2) is 8.74. The van der Waals surface area contributed by atoms with E-state index in [-0.39, 0.29) is 17.1 Å². The van der Waals surface area contributed by atoms with Crippen LogP contribution in [0.25, 0.3) is 5.69 Å². The first-order valence-corrected chi connectivity index (χ1v) is 11.2. The lowest BCUT2D eigenvalue weighted by Crippen LogP contribution is -2.33. The highest BCUT2D eigenvalue weighted by atomic mass is 32.2. The molecule has 1 aliphatic carbocycles.